The van der Waals surface area contributed by atoms with Crippen LogP contribution in [0.25, 0.3) is 0 Å². The highest BCUT2D eigenvalue weighted by Crippen LogP contribution is 2.18. The first kappa shape index (κ1) is 6.87. The molecule has 0 saturated heterocycles. The van der Waals surface area contributed by atoms with E-state index in [1.54, 1.807) is 0 Å². The van der Waals surface area contributed by atoms with E-state index in [1.807, 2.05) is 6.08 Å². The third-order valence-electron chi connectivity index (χ3n) is 1.57. The van der Waals surface area contributed by atoms with Gasteiger partial charge in [0.05, 0.1) is 0 Å². The van der Waals surface area contributed by atoms with Crippen LogP contribution < -0.4 is 0 Å². The molecule has 0 radical (unpaired) electrons. The monoisotopic (exact) mass is 142 g/mol. The lowest BCUT2D eigenvalue weighted by Gasteiger charge is -2.10. The minimum Gasteiger partial charge on any atom is -0.287 e. The first-order valence-electron chi connectivity index (χ1n) is 3.20. The van der Waals surface area contributed by atoms with E-state index >= 15 is 0 Å². The van der Waals surface area contributed by atoms with Gasteiger partial charge in [0, 0.05) is 5.92 Å². The molecule has 9 heavy (non-hydrogen) atoms. The highest BCUT2D eigenvalue weighted by Gasteiger charge is 2.12. The second kappa shape index (κ2) is 3.06. The minimum atomic E-state index is 0.00551. The Bertz CT molecular complexity index is 140. The molecule has 50 valence electrons. The predicted molar refractivity (Wildman–Crippen MR) is 40.5 cm³/mol. The number of hydrogen-bond donors (Lipinski definition) is 1. The third kappa shape index (κ3) is 1.86. The van der Waals surface area contributed by atoms with Gasteiger partial charge in [-0.25, -0.2) is 0 Å². The molecule has 1 unspecified atom stereocenters. The maximum absolute atomic E-state index is 10.6. The molecule has 1 aliphatic carbocycles. The van der Waals surface area contributed by atoms with Crippen molar-refractivity contribution in [3.8, 4) is 0 Å². The zero-order valence-electron chi connectivity index (χ0n) is 5.21. The normalized spacial score (nSPS) is 26.1. The van der Waals surface area contributed by atoms with Crippen LogP contribution >= 0.6 is 12.6 Å². The highest BCUT2D eigenvalue weighted by atomic mass is 32.1. The number of carbonyl (C=O) groups is 1. The summed E-state index contributed by atoms with van der Waals surface area (Å²) in [4.78, 5) is 10.6. The number of hydrogen-bond acceptors (Lipinski definition) is 1. The fourth-order valence-corrected chi connectivity index (χ4v) is 1.23. The Labute approximate surface area is 60.6 Å². The van der Waals surface area contributed by atoms with Gasteiger partial charge < -0.3 is 0 Å². The molecule has 1 rings (SSSR count). The zero-order chi connectivity index (χ0) is 6.69. The van der Waals surface area contributed by atoms with Crippen LogP contribution in [0.2, 0.25) is 0 Å². The Morgan fingerprint density at radius 3 is 2.78 bits per heavy atom. The van der Waals surface area contributed by atoms with Gasteiger partial charge >= 0.3 is 0 Å². The van der Waals surface area contributed by atoms with E-state index in [4.69, 9.17) is 0 Å². The predicted octanol–water partition coefficient (Wildman–Crippen LogP) is 1.80. The van der Waals surface area contributed by atoms with E-state index in [1.165, 1.54) is 0 Å². The molecule has 0 aromatic heterocycles. The summed E-state index contributed by atoms with van der Waals surface area (Å²) in [6.07, 6.45) is 7.25. The summed E-state index contributed by atoms with van der Waals surface area (Å²) in [5, 5.41) is 0.00551. The molecule has 2 heteroatoms. The lowest BCUT2D eigenvalue weighted by atomic mass is 9.97. The van der Waals surface area contributed by atoms with Crippen molar-refractivity contribution >= 4 is 17.7 Å². The van der Waals surface area contributed by atoms with Gasteiger partial charge in [-0.3, -0.25) is 4.79 Å². The van der Waals surface area contributed by atoms with Crippen LogP contribution in [-0.2, 0) is 4.79 Å². The number of allylic oxidation sites excluding steroid dienone is 2. The van der Waals surface area contributed by atoms with Crippen molar-refractivity contribution in [1.82, 2.24) is 0 Å². The molecular weight excluding hydrogens is 132 g/mol. The summed E-state index contributed by atoms with van der Waals surface area (Å²) in [7, 11) is 0. The number of rotatable bonds is 1. The molecule has 0 saturated carbocycles. The fraction of sp³-hybridized carbons (Fsp3) is 0.571. The molecule has 0 bridgehead atoms. The molecule has 0 N–H and O–H groups in total. The van der Waals surface area contributed by atoms with Gasteiger partial charge in [0.15, 0.2) is 5.12 Å². The van der Waals surface area contributed by atoms with Crippen LogP contribution in [0, 0.1) is 5.92 Å². The number of carbonyl (C=O) groups excluding carboxylic acids is 1. The molecule has 0 aliphatic heterocycles. The Morgan fingerprint density at radius 2 is 2.44 bits per heavy atom. The topological polar surface area (TPSA) is 17.1 Å². The first-order chi connectivity index (χ1) is 4.30. The molecule has 0 amide bonds. The van der Waals surface area contributed by atoms with Gasteiger partial charge in [-0.2, -0.15) is 0 Å². The second-order valence-corrected chi connectivity index (χ2v) is 2.74. The summed E-state index contributed by atoms with van der Waals surface area (Å²) < 4.78 is 0. The van der Waals surface area contributed by atoms with Gasteiger partial charge in [0.25, 0.3) is 0 Å². The minimum absolute atomic E-state index is 0.00551. The van der Waals surface area contributed by atoms with Gasteiger partial charge in [0.2, 0.25) is 0 Å². The summed E-state index contributed by atoms with van der Waals surface area (Å²) >= 11 is 3.75. The van der Waals surface area contributed by atoms with Crippen molar-refractivity contribution in [3.05, 3.63) is 12.2 Å². The summed E-state index contributed by atoms with van der Waals surface area (Å²) in [5.41, 5.74) is 0. The summed E-state index contributed by atoms with van der Waals surface area (Å²) in [6, 6.07) is 0. The molecule has 0 fully saturated rings. The van der Waals surface area contributed by atoms with Crippen LogP contribution in [0.15, 0.2) is 12.2 Å². The Morgan fingerprint density at radius 1 is 1.67 bits per heavy atom. The standard InChI is InChI=1S/C7H10OS/c8-7(9)6-4-2-1-3-5-6/h2,4,6H,1,3,5H2,(H,8,9). The third-order valence-corrected chi connectivity index (χ3v) is 1.90. The van der Waals surface area contributed by atoms with Crippen molar-refractivity contribution in [3.63, 3.8) is 0 Å². The quantitative estimate of drug-likeness (QED) is 0.436. The van der Waals surface area contributed by atoms with Crippen LogP contribution in [0.3, 0.4) is 0 Å². The first-order valence-corrected chi connectivity index (χ1v) is 3.65. The van der Waals surface area contributed by atoms with E-state index < -0.39 is 0 Å². The van der Waals surface area contributed by atoms with E-state index in [-0.39, 0.29) is 11.0 Å². The Balaban J connectivity index is 2.50. The average molecular weight is 142 g/mol. The summed E-state index contributed by atoms with van der Waals surface area (Å²) in [5.74, 6) is 0.0992. The van der Waals surface area contributed by atoms with Gasteiger partial charge in [-0.15, -0.1) is 12.6 Å². The molecule has 0 heterocycles. The lowest BCUT2D eigenvalue weighted by Crippen LogP contribution is -2.07. The maximum atomic E-state index is 10.6. The van der Waals surface area contributed by atoms with Crippen LogP contribution in [0.5, 0.6) is 0 Å². The van der Waals surface area contributed by atoms with Crippen molar-refractivity contribution < 1.29 is 4.79 Å². The van der Waals surface area contributed by atoms with E-state index in [2.05, 4.69) is 18.7 Å². The average Bonchev–Trinajstić information content (AvgIpc) is 1.90. The molecule has 0 aromatic carbocycles. The lowest BCUT2D eigenvalue weighted by molar-refractivity contribution is -0.113. The van der Waals surface area contributed by atoms with E-state index in [9.17, 15) is 4.79 Å². The van der Waals surface area contributed by atoms with Crippen molar-refractivity contribution in [2.45, 2.75) is 19.3 Å². The van der Waals surface area contributed by atoms with Gasteiger partial charge in [-0.1, -0.05) is 12.2 Å². The molecule has 1 aliphatic rings. The Hall–Kier alpha value is -0.240. The smallest absolute Gasteiger partial charge is 0.192 e. The fourth-order valence-electron chi connectivity index (χ4n) is 1.02. The molecular formula is C7H10OS. The largest absolute Gasteiger partial charge is 0.287 e. The molecule has 0 aromatic rings. The van der Waals surface area contributed by atoms with Crippen LogP contribution in [-0.4, -0.2) is 5.12 Å². The summed E-state index contributed by atoms with van der Waals surface area (Å²) in [6.45, 7) is 0. The maximum Gasteiger partial charge on any atom is 0.192 e. The van der Waals surface area contributed by atoms with Crippen molar-refractivity contribution in [2.24, 2.45) is 5.92 Å². The highest BCUT2D eigenvalue weighted by molar-refractivity contribution is 7.96. The molecule has 1 atom stereocenters. The molecule has 1 nitrogen and oxygen atoms in total. The zero-order valence-corrected chi connectivity index (χ0v) is 6.10. The Kier molecular flexibility index (Phi) is 2.34. The van der Waals surface area contributed by atoms with Crippen LogP contribution in [0.4, 0.5) is 0 Å². The van der Waals surface area contributed by atoms with E-state index in [0.717, 1.165) is 19.3 Å². The number of thiol groups is 1. The van der Waals surface area contributed by atoms with Crippen molar-refractivity contribution in [2.75, 3.05) is 0 Å². The van der Waals surface area contributed by atoms with Gasteiger partial charge in [0.1, 0.15) is 0 Å². The van der Waals surface area contributed by atoms with Crippen molar-refractivity contribution in [1.29, 1.82) is 0 Å². The van der Waals surface area contributed by atoms with E-state index in [0.29, 0.717) is 0 Å². The SMILES string of the molecule is O=C(S)C1C=CCCC1. The second-order valence-electron chi connectivity index (χ2n) is 2.30. The molecule has 0 spiro atoms. The van der Waals surface area contributed by atoms with Crippen LogP contribution in [0.1, 0.15) is 19.3 Å². The van der Waals surface area contributed by atoms with Gasteiger partial charge in [-0.05, 0) is 19.3 Å².